The Labute approximate surface area is 131 Å². The maximum Gasteiger partial charge on any atom is 0.122 e. The Balaban J connectivity index is 2.84. The van der Waals surface area contributed by atoms with Gasteiger partial charge in [-0.15, -0.1) is 11.6 Å². The third kappa shape index (κ3) is 5.74. The highest BCUT2D eigenvalue weighted by Gasteiger charge is 2.34. The average molecular weight is 311 g/mol. The zero-order valence-corrected chi connectivity index (χ0v) is 14.6. The predicted octanol–water partition coefficient (Wildman–Crippen LogP) is 5.06. The number of alkyl halides is 1. The van der Waals surface area contributed by atoms with Crippen LogP contribution in [0, 0.1) is 0 Å². The van der Waals surface area contributed by atoms with Gasteiger partial charge in [0.25, 0.3) is 0 Å². The van der Waals surface area contributed by atoms with Gasteiger partial charge < -0.3 is 0 Å². The van der Waals surface area contributed by atoms with Crippen LogP contribution in [0.3, 0.4) is 0 Å². The van der Waals surface area contributed by atoms with Crippen molar-refractivity contribution in [2.45, 2.75) is 51.6 Å². The summed E-state index contributed by atoms with van der Waals surface area (Å²) in [6.07, 6.45) is 8.81. The lowest BCUT2D eigenvalue weighted by molar-refractivity contribution is 0.855. The van der Waals surface area contributed by atoms with Crippen molar-refractivity contribution in [3.63, 3.8) is 0 Å². The quantitative estimate of drug-likeness (QED) is 0.334. The first-order valence-corrected chi connectivity index (χ1v) is 10.8. The molecule has 0 fully saturated rings. The van der Waals surface area contributed by atoms with Gasteiger partial charge in [-0.25, -0.2) is 0 Å². The molecule has 1 heterocycles. The van der Waals surface area contributed by atoms with E-state index in [9.17, 15) is 0 Å². The molecule has 1 nitrogen and oxygen atoms in total. The molecule has 1 aromatic heterocycles. The van der Waals surface area contributed by atoms with Crippen LogP contribution in [0.5, 0.6) is 0 Å². The highest BCUT2D eigenvalue weighted by atomic mass is 35.5. The molecule has 0 unspecified atom stereocenters. The van der Waals surface area contributed by atoms with Gasteiger partial charge in [-0.05, 0) is 25.0 Å². The first kappa shape index (κ1) is 18.0. The molecule has 0 atom stereocenters. The van der Waals surface area contributed by atoms with Crippen molar-refractivity contribution < 1.29 is 0 Å². The first-order chi connectivity index (χ1) is 9.69. The number of pyridine rings is 1. The first-order valence-electron chi connectivity index (χ1n) is 7.75. The molecule has 4 heteroatoms. The maximum absolute atomic E-state index is 6.20. The smallest absolute Gasteiger partial charge is 0.122 e. The Morgan fingerprint density at radius 1 is 1.10 bits per heavy atom. The summed E-state index contributed by atoms with van der Waals surface area (Å²) in [7, 11) is 5.11. The van der Waals surface area contributed by atoms with Gasteiger partial charge in [-0.2, -0.15) is 0 Å². The number of hydrogen-bond donors (Lipinski definition) is 0. The van der Waals surface area contributed by atoms with Crippen molar-refractivity contribution in [1.29, 1.82) is 0 Å². The van der Waals surface area contributed by atoms with Crippen molar-refractivity contribution in [2.75, 3.05) is 18.4 Å². The molecule has 1 rings (SSSR count). The number of aromatic nitrogens is 1. The number of hydrogen-bond acceptors (Lipinski definition) is 1. The van der Waals surface area contributed by atoms with E-state index in [0.29, 0.717) is 5.88 Å². The van der Waals surface area contributed by atoms with Crippen LogP contribution in [-0.2, 0) is 12.0 Å². The Bertz CT molecular complexity index is 378. The summed E-state index contributed by atoms with van der Waals surface area (Å²) in [6.45, 7) is 4.52. The van der Waals surface area contributed by atoms with Crippen molar-refractivity contribution in [3.8, 4) is 0 Å². The number of halogens is 1. The van der Waals surface area contributed by atoms with Gasteiger partial charge in [0.15, 0.2) is 0 Å². The summed E-state index contributed by atoms with van der Waals surface area (Å²) in [5.41, 5.74) is 2.17. The van der Waals surface area contributed by atoms with E-state index in [1.165, 1.54) is 43.7 Å². The molecule has 0 N–H and O–H groups in total. The summed E-state index contributed by atoms with van der Waals surface area (Å²) in [5, 5.41) is 0. The van der Waals surface area contributed by atoms with Gasteiger partial charge in [0, 0.05) is 13.3 Å². The molecule has 0 amide bonds. The summed E-state index contributed by atoms with van der Waals surface area (Å²) < 4.78 is 0. The predicted molar refractivity (Wildman–Crippen MR) is 94.6 cm³/mol. The van der Waals surface area contributed by atoms with Gasteiger partial charge in [0.05, 0.1) is 29.6 Å². The van der Waals surface area contributed by atoms with Crippen molar-refractivity contribution in [1.82, 2.24) is 4.98 Å². The van der Waals surface area contributed by atoms with E-state index in [1.807, 2.05) is 6.07 Å². The third-order valence-electron chi connectivity index (χ3n) is 3.86. The Hall–Kier alpha value is -0.0651. The van der Waals surface area contributed by atoms with Crippen LogP contribution in [0.1, 0.15) is 50.9 Å². The van der Waals surface area contributed by atoms with Gasteiger partial charge in [0.2, 0.25) is 0 Å². The minimum absolute atomic E-state index is 0.492. The second-order valence-corrected chi connectivity index (χ2v) is 10.1. The Kier molecular flexibility index (Phi) is 8.81. The largest absolute Gasteiger partial charge is 0.253 e. The van der Waals surface area contributed by atoms with Crippen molar-refractivity contribution in [3.05, 3.63) is 29.6 Å². The maximum atomic E-state index is 6.20. The second-order valence-electron chi connectivity index (χ2n) is 5.59. The number of unbranched alkanes of at least 4 members (excludes halogenated alkanes) is 2. The Morgan fingerprint density at radius 3 is 2.20 bits per heavy atom. The van der Waals surface area contributed by atoms with E-state index < -0.39 is 7.26 Å². The average Bonchev–Trinajstić information content (AvgIpc) is 2.50. The van der Waals surface area contributed by atoms with E-state index in [2.05, 4.69) is 31.0 Å². The van der Waals surface area contributed by atoms with Crippen LogP contribution < -0.4 is 0 Å². The minimum atomic E-state index is -1.09. The molecule has 0 saturated carbocycles. The van der Waals surface area contributed by atoms with Gasteiger partial charge in [-0.1, -0.05) is 32.8 Å². The molecule has 0 saturated heterocycles. The van der Waals surface area contributed by atoms with Crippen molar-refractivity contribution >= 4 is 26.7 Å². The lowest BCUT2D eigenvalue weighted by atomic mass is 10.2. The van der Waals surface area contributed by atoms with Crippen LogP contribution in [0.15, 0.2) is 18.2 Å². The molecule has 0 aromatic carbocycles. The molecule has 0 spiro atoms. The van der Waals surface area contributed by atoms with Crippen LogP contribution in [-0.4, -0.2) is 31.2 Å². The summed E-state index contributed by atoms with van der Waals surface area (Å²) in [5.74, 6) is 0.492. The molecule has 20 heavy (non-hydrogen) atoms. The normalized spacial score (nSPS) is 11.8. The SMILES string of the molecule is [B]C[P+](CCCC)(CCCC)Cc1cccc(CCl)n1. The Morgan fingerprint density at radius 2 is 1.70 bits per heavy atom. The van der Waals surface area contributed by atoms with E-state index >= 15 is 0 Å². The summed E-state index contributed by atoms with van der Waals surface area (Å²) in [6, 6.07) is 7.07. The highest BCUT2D eigenvalue weighted by molar-refractivity contribution is 7.76. The van der Waals surface area contributed by atoms with Gasteiger partial charge >= 0.3 is 0 Å². The fraction of sp³-hybridized carbons (Fsp3) is 0.688. The molecular weight excluding hydrogens is 283 g/mol. The zero-order chi connectivity index (χ0) is 14.8. The number of rotatable bonds is 10. The van der Waals surface area contributed by atoms with Gasteiger partial charge in [-0.3, -0.25) is 4.98 Å². The fourth-order valence-electron chi connectivity index (χ4n) is 2.54. The molecule has 0 aliphatic carbocycles. The molecule has 110 valence electrons. The molecular formula is C16H27BClNP+. The van der Waals surface area contributed by atoms with E-state index in [1.54, 1.807) is 0 Å². The third-order valence-corrected chi connectivity index (χ3v) is 8.43. The second kappa shape index (κ2) is 9.80. The minimum Gasteiger partial charge on any atom is -0.253 e. The topological polar surface area (TPSA) is 12.9 Å². The van der Waals surface area contributed by atoms with Gasteiger partial charge in [0.1, 0.15) is 14.0 Å². The van der Waals surface area contributed by atoms with E-state index in [-0.39, 0.29) is 0 Å². The lowest BCUT2D eigenvalue weighted by Crippen LogP contribution is -2.12. The van der Waals surface area contributed by atoms with E-state index in [0.717, 1.165) is 17.9 Å². The molecule has 0 aliphatic rings. The summed E-state index contributed by atoms with van der Waals surface area (Å²) in [4.78, 5) is 4.68. The molecule has 0 aliphatic heterocycles. The monoisotopic (exact) mass is 310 g/mol. The van der Waals surface area contributed by atoms with Crippen LogP contribution in [0.4, 0.5) is 0 Å². The molecule has 2 radical (unpaired) electrons. The standard InChI is InChI=1S/C16H27BClNP/c1-3-5-10-20(14-17,11-6-4-2)13-16-9-7-8-15(12-18)19-16/h7-9H,3-6,10-14H2,1-2H3/q+1. The fourth-order valence-corrected chi connectivity index (χ4v) is 6.56. The number of nitrogens with zero attached hydrogens (tertiary/aromatic N) is 1. The zero-order valence-electron chi connectivity index (χ0n) is 12.9. The van der Waals surface area contributed by atoms with Crippen molar-refractivity contribution in [2.24, 2.45) is 0 Å². The lowest BCUT2D eigenvalue weighted by Gasteiger charge is -2.26. The van der Waals surface area contributed by atoms with Crippen LogP contribution >= 0.6 is 18.9 Å². The summed E-state index contributed by atoms with van der Waals surface area (Å²) >= 11 is 5.89. The highest BCUT2D eigenvalue weighted by Crippen LogP contribution is 2.61. The van der Waals surface area contributed by atoms with Crippen LogP contribution in [0.25, 0.3) is 0 Å². The molecule has 1 aromatic rings. The molecule has 0 bridgehead atoms. The van der Waals surface area contributed by atoms with E-state index in [4.69, 9.17) is 19.4 Å². The van der Waals surface area contributed by atoms with Crippen LogP contribution in [0.2, 0.25) is 0 Å².